The molecule has 1 saturated heterocycles. The Morgan fingerprint density at radius 3 is 2.80 bits per heavy atom. The van der Waals surface area contributed by atoms with Crippen LogP contribution in [0.5, 0.6) is 5.75 Å². The van der Waals surface area contributed by atoms with Gasteiger partial charge in [0.2, 0.25) is 5.91 Å². The van der Waals surface area contributed by atoms with Gasteiger partial charge >= 0.3 is 0 Å². The number of aromatic nitrogens is 2. The number of pyridine rings is 2. The Kier molecular flexibility index (Phi) is 6.67. The summed E-state index contributed by atoms with van der Waals surface area (Å²) in [5.74, 6) is 0.821. The van der Waals surface area contributed by atoms with Gasteiger partial charge in [-0.15, -0.1) is 11.3 Å². The SMILES string of the molecule is O=C(NCc1cccnc1)[C@H]1CCc2sc3nccc(O[C@H]4CC[C@H](N5CCOCC5)CC4)c3c21. The van der Waals surface area contributed by atoms with Crippen LogP contribution in [0.4, 0.5) is 0 Å². The van der Waals surface area contributed by atoms with Crippen LogP contribution in [0.3, 0.4) is 0 Å². The zero-order valence-electron chi connectivity index (χ0n) is 19.9. The van der Waals surface area contributed by atoms with Crippen molar-refractivity contribution < 1.29 is 14.3 Å². The van der Waals surface area contributed by atoms with E-state index in [0.717, 1.165) is 79.1 Å². The number of nitrogens with zero attached hydrogens (tertiary/aromatic N) is 3. The number of rotatable bonds is 6. The summed E-state index contributed by atoms with van der Waals surface area (Å²) in [5.41, 5.74) is 2.14. The highest BCUT2D eigenvalue weighted by Gasteiger charge is 2.35. The van der Waals surface area contributed by atoms with Gasteiger partial charge in [-0.25, -0.2) is 4.98 Å². The molecule has 0 bridgehead atoms. The predicted molar refractivity (Wildman–Crippen MR) is 136 cm³/mol. The lowest BCUT2D eigenvalue weighted by molar-refractivity contribution is -0.122. The molecular weight excluding hydrogens is 460 g/mol. The van der Waals surface area contributed by atoms with Gasteiger partial charge in [-0.2, -0.15) is 0 Å². The highest BCUT2D eigenvalue weighted by molar-refractivity contribution is 7.19. The van der Waals surface area contributed by atoms with Crippen molar-refractivity contribution in [3.8, 4) is 5.75 Å². The Morgan fingerprint density at radius 2 is 2.00 bits per heavy atom. The molecule has 4 heterocycles. The Labute approximate surface area is 209 Å². The van der Waals surface area contributed by atoms with Gasteiger partial charge in [0.25, 0.3) is 0 Å². The number of ether oxygens (including phenoxy) is 2. The van der Waals surface area contributed by atoms with E-state index in [2.05, 4.69) is 20.2 Å². The van der Waals surface area contributed by atoms with Crippen molar-refractivity contribution in [1.29, 1.82) is 0 Å². The minimum Gasteiger partial charge on any atom is -0.490 e. The second kappa shape index (κ2) is 10.2. The van der Waals surface area contributed by atoms with Crippen LogP contribution >= 0.6 is 11.3 Å². The molecule has 3 aromatic rings. The van der Waals surface area contributed by atoms with Crippen LogP contribution in [0.1, 0.15) is 54.0 Å². The molecule has 0 radical (unpaired) electrons. The van der Waals surface area contributed by atoms with E-state index in [1.54, 1.807) is 23.7 Å². The minimum absolute atomic E-state index is 0.0770. The zero-order valence-corrected chi connectivity index (χ0v) is 20.8. The third kappa shape index (κ3) is 4.79. The standard InChI is InChI=1S/C27H32N4O3S/c32-26(30-17-18-2-1-10-28-16-18)21-7-8-23-24(21)25-22(9-11-29-27(25)35-23)34-20-5-3-19(4-6-20)31-12-14-33-15-13-31/h1-2,9-11,16,19-21H,3-8,12-15,17H2,(H,30,32)/t19-,20-,21-/m0/s1. The molecule has 3 aliphatic rings. The fraction of sp³-hybridized carbons (Fsp3) is 0.519. The van der Waals surface area contributed by atoms with Crippen molar-refractivity contribution in [3.63, 3.8) is 0 Å². The molecule has 6 rings (SSSR count). The van der Waals surface area contributed by atoms with Crippen LogP contribution < -0.4 is 10.1 Å². The number of carbonyl (C=O) groups is 1. The average molecular weight is 493 g/mol. The van der Waals surface area contributed by atoms with E-state index in [9.17, 15) is 4.79 Å². The Hall–Kier alpha value is -2.55. The fourth-order valence-electron chi connectivity index (χ4n) is 5.86. The predicted octanol–water partition coefficient (Wildman–Crippen LogP) is 4.06. The normalized spacial score (nSPS) is 24.9. The molecule has 35 heavy (non-hydrogen) atoms. The van der Waals surface area contributed by atoms with Gasteiger partial charge in [0.05, 0.1) is 30.6 Å². The second-order valence-electron chi connectivity index (χ2n) is 9.80. The molecule has 2 aliphatic carbocycles. The van der Waals surface area contributed by atoms with Gasteiger partial charge in [-0.3, -0.25) is 14.7 Å². The monoisotopic (exact) mass is 492 g/mol. The van der Waals surface area contributed by atoms with Crippen molar-refractivity contribution in [2.24, 2.45) is 0 Å². The molecular formula is C27H32N4O3S. The smallest absolute Gasteiger partial charge is 0.227 e. The van der Waals surface area contributed by atoms with Crippen LogP contribution in [0.2, 0.25) is 0 Å². The van der Waals surface area contributed by atoms with Gasteiger partial charge in [-0.1, -0.05) is 6.07 Å². The van der Waals surface area contributed by atoms with Crippen LogP contribution in [-0.4, -0.2) is 59.2 Å². The van der Waals surface area contributed by atoms with Crippen molar-refractivity contribution in [2.75, 3.05) is 26.3 Å². The van der Waals surface area contributed by atoms with Gasteiger partial charge in [-0.05, 0) is 61.8 Å². The minimum atomic E-state index is -0.154. The second-order valence-corrected chi connectivity index (χ2v) is 10.9. The number of hydrogen-bond donors (Lipinski definition) is 1. The number of amides is 1. The van der Waals surface area contributed by atoms with E-state index >= 15 is 0 Å². The molecule has 0 spiro atoms. The lowest BCUT2D eigenvalue weighted by atomic mass is 9.91. The van der Waals surface area contributed by atoms with Crippen molar-refractivity contribution in [3.05, 3.63) is 52.8 Å². The molecule has 3 aromatic heterocycles. The summed E-state index contributed by atoms with van der Waals surface area (Å²) in [6, 6.07) is 6.52. The van der Waals surface area contributed by atoms with Crippen molar-refractivity contribution in [1.82, 2.24) is 20.2 Å². The number of morpholine rings is 1. The van der Waals surface area contributed by atoms with Gasteiger partial charge in [0, 0.05) is 49.1 Å². The summed E-state index contributed by atoms with van der Waals surface area (Å²) in [5, 5.41) is 4.18. The molecule has 1 amide bonds. The highest BCUT2D eigenvalue weighted by Crippen LogP contribution is 2.47. The Bertz CT molecular complexity index is 1170. The average Bonchev–Trinajstić information content (AvgIpc) is 3.49. The lowest BCUT2D eigenvalue weighted by Gasteiger charge is -2.38. The summed E-state index contributed by atoms with van der Waals surface area (Å²) < 4.78 is 12.1. The first-order chi connectivity index (χ1) is 17.3. The van der Waals surface area contributed by atoms with Crippen LogP contribution in [-0.2, 0) is 22.5 Å². The molecule has 1 aliphatic heterocycles. The van der Waals surface area contributed by atoms with Crippen LogP contribution in [0.25, 0.3) is 10.2 Å². The summed E-state index contributed by atoms with van der Waals surface area (Å²) in [4.78, 5) is 26.8. The number of hydrogen-bond acceptors (Lipinski definition) is 7. The first kappa shape index (κ1) is 22.9. The van der Waals surface area contributed by atoms with Gasteiger partial charge in [0.15, 0.2) is 0 Å². The first-order valence-corrected chi connectivity index (χ1v) is 13.6. The number of thiophene rings is 1. The quantitative estimate of drug-likeness (QED) is 0.559. The summed E-state index contributed by atoms with van der Waals surface area (Å²) in [6.07, 6.45) is 11.8. The van der Waals surface area contributed by atoms with Gasteiger partial charge in [0.1, 0.15) is 10.6 Å². The molecule has 1 N–H and O–H groups in total. The van der Waals surface area contributed by atoms with Crippen molar-refractivity contribution >= 4 is 27.5 Å². The lowest BCUT2D eigenvalue weighted by Crippen LogP contribution is -2.46. The largest absolute Gasteiger partial charge is 0.490 e. The molecule has 8 heteroatoms. The molecule has 1 atom stereocenters. The highest BCUT2D eigenvalue weighted by atomic mass is 32.1. The number of aryl methyl sites for hydroxylation is 1. The van der Waals surface area contributed by atoms with Crippen molar-refractivity contribution in [2.45, 2.75) is 63.1 Å². The topological polar surface area (TPSA) is 76.6 Å². The van der Waals surface area contributed by atoms with E-state index in [0.29, 0.717) is 12.6 Å². The molecule has 0 aromatic carbocycles. The number of fused-ring (bicyclic) bond motifs is 3. The maximum absolute atomic E-state index is 13.2. The van der Waals surface area contributed by atoms with E-state index in [4.69, 9.17) is 9.47 Å². The third-order valence-electron chi connectivity index (χ3n) is 7.68. The number of carbonyl (C=O) groups excluding carboxylic acids is 1. The number of nitrogens with one attached hydrogen (secondary N) is 1. The third-order valence-corrected chi connectivity index (χ3v) is 8.85. The van der Waals surface area contributed by atoms with Crippen LogP contribution in [0, 0.1) is 0 Å². The molecule has 1 saturated carbocycles. The van der Waals surface area contributed by atoms with Gasteiger partial charge < -0.3 is 14.8 Å². The summed E-state index contributed by atoms with van der Waals surface area (Å²) in [6.45, 7) is 4.30. The Morgan fingerprint density at radius 1 is 1.14 bits per heavy atom. The van der Waals surface area contributed by atoms with E-state index in [1.165, 1.54) is 17.7 Å². The van der Waals surface area contributed by atoms with Crippen LogP contribution in [0.15, 0.2) is 36.8 Å². The van der Waals surface area contributed by atoms with E-state index in [1.807, 2.05) is 24.4 Å². The summed E-state index contributed by atoms with van der Waals surface area (Å²) >= 11 is 1.72. The molecule has 2 fully saturated rings. The molecule has 7 nitrogen and oxygen atoms in total. The molecule has 184 valence electrons. The molecule has 0 unspecified atom stereocenters. The van der Waals surface area contributed by atoms with E-state index < -0.39 is 0 Å². The van der Waals surface area contributed by atoms with E-state index in [-0.39, 0.29) is 17.9 Å². The first-order valence-electron chi connectivity index (χ1n) is 12.8. The maximum atomic E-state index is 13.2. The summed E-state index contributed by atoms with van der Waals surface area (Å²) in [7, 11) is 0. The zero-order chi connectivity index (χ0) is 23.6. The maximum Gasteiger partial charge on any atom is 0.227 e. The fourth-order valence-corrected chi connectivity index (χ4v) is 7.10. The Balaban J connectivity index is 1.16.